The van der Waals surface area contributed by atoms with E-state index >= 15 is 0 Å². The Hall–Kier alpha value is -3.03. The van der Waals surface area contributed by atoms with Gasteiger partial charge in [-0.2, -0.15) is 0 Å². The molecule has 2 amide bonds. The molecule has 8 heteroatoms. The molecule has 0 aliphatic rings. The van der Waals surface area contributed by atoms with E-state index in [0.717, 1.165) is 22.8 Å². The molecular weight excluding hydrogens is 361 g/mol. The van der Waals surface area contributed by atoms with Gasteiger partial charge in [0.05, 0.1) is 12.2 Å². The second-order valence-corrected chi connectivity index (χ2v) is 6.06. The Balaban J connectivity index is 1.85. The maximum absolute atomic E-state index is 13.5. The number of rotatable bonds is 6. The van der Waals surface area contributed by atoms with Gasteiger partial charge in [-0.25, -0.2) is 13.2 Å². The van der Waals surface area contributed by atoms with Gasteiger partial charge in [-0.3, -0.25) is 9.59 Å². The summed E-state index contributed by atoms with van der Waals surface area (Å²) in [5, 5.41) is 4.36. The van der Waals surface area contributed by atoms with Gasteiger partial charge in [-0.05, 0) is 44.0 Å². The van der Waals surface area contributed by atoms with Crippen LogP contribution in [0.3, 0.4) is 0 Å². The number of benzene rings is 2. The molecule has 0 saturated heterocycles. The van der Waals surface area contributed by atoms with Crippen molar-refractivity contribution in [2.45, 2.75) is 20.8 Å². The van der Waals surface area contributed by atoms with Crippen molar-refractivity contribution in [3.8, 4) is 5.75 Å². The minimum absolute atomic E-state index is 0.308. The first kappa shape index (κ1) is 20.3. The summed E-state index contributed by atoms with van der Waals surface area (Å²) in [5.41, 5.74) is 2.32. The zero-order chi connectivity index (χ0) is 20.1. The number of carbonyl (C=O) groups excluding carboxylic acids is 2. The maximum Gasteiger partial charge on any atom is 0.258 e. The number of aryl methyl sites for hydroxylation is 3. The van der Waals surface area contributed by atoms with E-state index in [2.05, 4.69) is 10.6 Å². The summed E-state index contributed by atoms with van der Waals surface area (Å²) >= 11 is 0. The van der Waals surface area contributed by atoms with Crippen molar-refractivity contribution in [1.82, 2.24) is 5.32 Å². The van der Waals surface area contributed by atoms with Crippen molar-refractivity contribution in [2.24, 2.45) is 0 Å². The fourth-order valence-corrected chi connectivity index (χ4v) is 2.58. The van der Waals surface area contributed by atoms with Crippen LogP contribution in [-0.4, -0.2) is 25.0 Å². The van der Waals surface area contributed by atoms with Crippen molar-refractivity contribution in [3.05, 3.63) is 58.4 Å². The molecule has 0 aliphatic heterocycles. The SMILES string of the molecule is Cc1cc(C)c(OCC(=O)NCC(=O)Nc2ccc(F)c(F)c2F)c(C)c1. The molecule has 0 unspecified atom stereocenters. The van der Waals surface area contributed by atoms with Crippen molar-refractivity contribution in [1.29, 1.82) is 0 Å². The first-order chi connectivity index (χ1) is 12.7. The second-order valence-electron chi connectivity index (χ2n) is 6.06. The summed E-state index contributed by atoms with van der Waals surface area (Å²) < 4.78 is 45.0. The summed E-state index contributed by atoms with van der Waals surface area (Å²) in [5.74, 6) is -5.33. The van der Waals surface area contributed by atoms with Gasteiger partial charge in [0.25, 0.3) is 5.91 Å². The van der Waals surface area contributed by atoms with Crippen LogP contribution >= 0.6 is 0 Å². The molecule has 0 spiro atoms. The quantitative estimate of drug-likeness (QED) is 0.757. The summed E-state index contributed by atoms with van der Waals surface area (Å²) in [6.07, 6.45) is 0. The molecule has 0 heterocycles. The second kappa shape index (κ2) is 8.57. The number of nitrogens with one attached hydrogen (secondary N) is 2. The van der Waals surface area contributed by atoms with Crippen LogP contribution in [0.5, 0.6) is 5.75 Å². The monoisotopic (exact) mass is 380 g/mol. The van der Waals surface area contributed by atoms with Gasteiger partial charge in [0, 0.05) is 0 Å². The topological polar surface area (TPSA) is 67.4 Å². The van der Waals surface area contributed by atoms with Gasteiger partial charge in [-0.15, -0.1) is 0 Å². The average Bonchev–Trinajstić information content (AvgIpc) is 2.59. The van der Waals surface area contributed by atoms with E-state index in [1.807, 2.05) is 32.9 Å². The van der Waals surface area contributed by atoms with Gasteiger partial charge < -0.3 is 15.4 Å². The molecule has 144 valence electrons. The molecule has 0 aromatic heterocycles. The predicted molar refractivity (Wildman–Crippen MR) is 94.1 cm³/mol. The number of halogens is 3. The number of hydrogen-bond acceptors (Lipinski definition) is 3. The Morgan fingerprint density at radius 1 is 0.963 bits per heavy atom. The Bertz CT molecular complexity index is 862. The van der Waals surface area contributed by atoms with Crippen molar-refractivity contribution >= 4 is 17.5 Å². The van der Waals surface area contributed by atoms with Gasteiger partial charge in [0.1, 0.15) is 5.75 Å². The molecule has 27 heavy (non-hydrogen) atoms. The van der Waals surface area contributed by atoms with Crippen molar-refractivity contribution in [3.63, 3.8) is 0 Å². The van der Waals surface area contributed by atoms with Crippen LogP contribution in [0, 0.1) is 38.2 Å². The summed E-state index contributed by atoms with van der Waals surface area (Å²) in [6, 6.07) is 5.42. The van der Waals surface area contributed by atoms with Gasteiger partial charge in [0.15, 0.2) is 24.1 Å². The summed E-state index contributed by atoms with van der Waals surface area (Å²) in [4.78, 5) is 23.6. The number of ether oxygens (including phenoxy) is 1. The third-order valence-electron chi connectivity index (χ3n) is 3.71. The molecule has 2 N–H and O–H groups in total. The molecule has 0 atom stereocenters. The highest BCUT2D eigenvalue weighted by atomic mass is 19.2. The van der Waals surface area contributed by atoms with Crippen LogP contribution < -0.4 is 15.4 Å². The molecule has 0 radical (unpaired) electrons. The summed E-state index contributed by atoms with van der Waals surface area (Å²) in [7, 11) is 0. The van der Waals surface area contributed by atoms with Gasteiger partial charge >= 0.3 is 0 Å². The lowest BCUT2D eigenvalue weighted by Crippen LogP contribution is -2.36. The largest absolute Gasteiger partial charge is 0.483 e. The molecular formula is C19H19F3N2O3. The van der Waals surface area contributed by atoms with E-state index in [1.54, 1.807) is 0 Å². The highest BCUT2D eigenvalue weighted by Crippen LogP contribution is 2.24. The molecule has 0 saturated carbocycles. The molecule has 2 aromatic rings. The Labute approximate surface area is 154 Å². The number of amides is 2. The third-order valence-corrected chi connectivity index (χ3v) is 3.71. The zero-order valence-electron chi connectivity index (χ0n) is 15.1. The lowest BCUT2D eigenvalue weighted by atomic mass is 10.1. The average molecular weight is 380 g/mol. The van der Waals surface area contributed by atoms with Crippen LogP contribution in [0.25, 0.3) is 0 Å². The van der Waals surface area contributed by atoms with Gasteiger partial charge in [-0.1, -0.05) is 17.7 Å². The lowest BCUT2D eigenvalue weighted by Gasteiger charge is -2.13. The fraction of sp³-hybridized carbons (Fsp3) is 0.263. The van der Waals surface area contributed by atoms with Crippen LogP contribution in [0.15, 0.2) is 24.3 Å². The number of anilines is 1. The zero-order valence-corrected chi connectivity index (χ0v) is 15.1. The van der Waals surface area contributed by atoms with Crippen LogP contribution in [0.4, 0.5) is 18.9 Å². The number of hydrogen-bond donors (Lipinski definition) is 2. The van der Waals surface area contributed by atoms with Crippen molar-refractivity contribution in [2.75, 3.05) is 18.5 Å². The molecule has 2 rings (SSSR count). The lowest BCUT2D eigenvalue weighted by molar-refractivity contribution is -0.125. The van der Waals surface area contributed by atoms with E-state index in [-0.39, 0.29) is 6.61 Å². The van der Waals surface area contributed by atoms with E-state index < -0.39 is 41.5 Å². The van der Waals surface area contributed by atoms with Crippen LogP contribution in [0.1, 0.15) is 16.7 Å². The number of carbonyl (C=O) groups is 2. The van der Waals surface area contributed by atoms with E-state index in [9.17, 15) is 22.8 Å². The van der Waals surface area contributed by atoms with Gasteiger partial charge in [0.2, 0.25) is 5.91 Å². The molecule has 0 bridgehead atoms. The van der Waals surface area contributed by atoms with Crippen LogP contribution in [-0.2, 0) is 9.59 Å². The molecule has 0 fully saturated rings. The maximum atomic E-state index is 13.5. The van der Waals surface area contributed by atoms with E-state index in [4.69, 9.17) is 4.74 Å². The molecule has 5 nitrogen and oxygen atoms in total. The van der Waals surface area contributed by atoms with E-state index in [1.165, 1.54) is 0 Å². The van der Waals surface area contributed by atoms with E-state index in [0.29, 0.717) is 11.8 Å². The Morgan fingerprint density at radius 3 is 2.22 bits per heavy atom. The smallest absolute Gasteiger partial charge is 0.258 e. The third kappa shape index (κ3) is 5.22. The minimum atomic E-state index is -1.69. The summed E-state index contributed by atoms with van der Waals surface area (Å²) in [6.45, 7) is 4.88. The Kier molecular flexibility index (Phi) is 6.44. The highest BCUT2D eigenvalue weighted by Gasteiger charge is 2.16. The minimum Gasteiger partial charge on any atom is -0.483 e. The normalized spacial score (nSPS) is 10.4. The fourth-order valence-electron chi connectivity index (χ4n) is 2.58. The Morgan fingerprint density at radius 2 is 1.59 bits per heavy atom. The standard InChI is InChI=1S/C19H19F3N2O3/c1-10-6-11(2)19(12(3)7-10)27-9-16(26)23-8-15(25)24-14-5-4-13(20)17(21)18(14)22/h4-7H,8-9H2,1-3H3,(H,23,26)(H,24,25). The van der Waals surface area contributed by atoms with Crippen molar-refractivity contribution < 1.29 is 27.5 Å². The first-order valence-electron chi connectivity index (χ1n) is 8.09. The predicted octanol–water partition coefficient (Wildman–Crippen LogP) is 3.16. The molecule has 0 aliphatic carbocycles. The van der Waals surface area contributed by atoms with Crippen LogP contribution in [0.2, 0.25) is 0 Å². The first-order valence-corrected chi connectivity index (χ1v) is 8.09. The molecule has 2 aromatic carbocycles. The highest BCUT2D eigenvalue weighted by molar-refractivity contribution is 5.94.